The topological polar surface area (TPSA) is 29.5 Å². The quantitative estimate of drug-likeness (QED) is 0.547. The maximum absolute atomic E-state index is 12.9. The summed E-state index contributed by atoms with van der Waals surface area (Å²) in [5.41, 5.74) is 1.08. The van der Waals surface area contributed by atoms with E-state index >= 15 is 0 Å². The van der Waals surface area contributed by atoms with Gasteiger partial charge in [0.25, 0.3) is 0 Å². The summed E-state index contributed by atoms with van der Waals surface area (Å²) < 4.78 is 5.77. The zero-order valence-electron chi connectivity index (χ0n) is 15.1. The van der Waals surface area contributed by atoms with Crippen molar-refractivity contribution in [2.24, 2.45) is 5.92 Å². The first-order chi connectivity index (χ1) is 11.8. The predicted molar refractivity (Wildman–Crippen MR) is 104 cm³/mol. The Kier molecular flexibility index (Phi) is 7.98. The average Bonchev–Trinajstić information content (AvgIpc) is 3.16. The van der Waals surface area contributed by atoms with E-state index in [2.05, 4.69) is 36.1 Å². The van der Waals surface area contributed by atoms with Crippen LogP contribution in [0.2, 0.25) is 0 Å². The second-order valence-corrected chi connectivity index (χ2v) is 7.13. The molecule has 1 aromatic carbocycles. The Labute approximate surface area is 157 Å². The summed E-state index contributed by atoms with van der Waals surface area (Å²) in [5, 5.41) is 0. The molecule has 25 heavy (non-hydrogen) atoms. The number of halogens is 1. The lowest BCUT2D eigenvalue weighted by molar-refractivity contribution is -0.148. The molecule has 1 fully saturated rings. The molecule has 3 nitrogen and oxygen atoms in total. The normalized spacial score (nSPS) is 22.8. The van der Waals surface area contributed by atoms with Crippen molar-refractivity contribution in [3.05, 3.63) is 48.0 Å². The van der Waals surface area contributed by atoms with Crippen LogP contribution in [0.3, 0.4) is 0 Å². The van der Waals surface area contributed by atoms with Crippen LogP contribution in [0.25, 0.3) is 0 Å². The van der Waals surface area contributed by atoms with Gasteiger partial charge in [-0.2, -0.15) is 0 Å². The molecule has 4 heteroatoms. The van der Waals surface area contributed by atoms with Crippen LogP contribution in [-0.2, 0) is 9.53 Å². The maximum Gasteiger partial charge on any atom is 0.314 e. The van der Waals surface area contributed by atoms with Gasteiger partial charge in [-0.15, -0.1) is 12.4 Å². The summed E-state index contributed by atoms with van der Waals surface area (Å²) in [5.74, 6) is 0.0214. The van der Waals surface area contributed by atoms with Crippen molar-refractivity contribution >= 4 is 18.4 Å². The molecule has 0 spiro atoms. The van der Waals surface area contributed by atoms with E-state index in [4.69, 9.17) is 4.74 Å². The van der Waals surface area contributed by atoms with Crippen molar-refractivity contribution in [2.45, 2.75) is 51.0 Å². The van der Waals surface area contributed by atoms with Crippen molar-refractivity contribution in [3.8, 4) is 0 Å². The molecular formula is C21H30ClNO2. The van der Waals surface area contributed by atoms with Gasteiger partial charge in [0.1, 0.15) is 6.61 Å². The number of benzene rings is 1. The predicted octanol–water partition coefficient (Wildman–Crippen LogP) is 4.58. The molecule has 2 aliphatic rings. The second-order valence-electron chi connectivity index (χ2n) is 7.13. The van der Waals surface area contributed by atoms with E-state index < -0.39 is 0 Å². The summed E-state index contributed by atoms with van der Waals surface area (Å²) in [7, 11) is 0. The van der Waals surface area contributed by atoms with Crippen LogP contribution in [0.5, 0.6) is 0 Å². The first-order valence-electron chi connectivity index (χ1n) is 9.38. The number of hydrogen-bond acceptors (Lipinski definition) is 3. The van der Waals surface area contributed by atoms with E-state index in [1.54, 1.807) is 0 Å². The molecule has 3 rings (SSSR count). The Bertz CT molecular complexity index is 554. The summed E-state index contributed by atoms with van der Waals surface area (Å²) >= 11 is 0. The van der Waals surface area contributed by atoms with Gasteiger partial charge in [0.05, 0.1) is 5.92 Å². The lowest BCUT2D eigenvalue weighted by Gasteiger charge is -2.28. The van der Waals surface area contributed by atoms with Crippen molar-refractivity contribution in [1.82, 2.24) is 4.90 Å². The van der Waals surface area contributed by atoms with Gasteiger partial charge in [0.2, 0.25) is 0 Å². The summed E-state index contributed by atoms with van der Waals surface area (Å²) in [6.07, 6.45) is 10.3. The molecule has 1 aliphatic heterocycles. The van der Waals surface area contributed by atoms with E-state index in [0.29, 0.717) is 12.6 Å². The zero-order chi connectivity index (χ0) is 16.8. The Morgan fingerprint density at radius 1 is 1.20 bits per heavy atom. The van der Waals surface area contributed by atoms with Gasteiger partial charge < -0.3 is 4.74 Å². The van der Waals surface area contributed by atoms with Gasteiger partial charge in [-0.3, -0.25) is 9.69 Å². The molecular weight excluding hydrogens is 334 g/mol. The largest absolute Gasteiger partial charge is 0.464 e. The molecule has 1 saturated heterocycles. The minimum atomic E-state index is -0.173. The van der Waals surface area contributed by atoms with Crippen LogP contribution in [0, 0.1) is 5.92 Å². The Morgan fingerprint density at radius 3 is 2.56 bits per heavy atom. The number of esters is 1. The van der Waals surface area contributed by atoms with E-state index in [1.165, 1.54) is 12.8 Å². The fourth-order valence-electron chi connectivity index (χ4n) is 3.92. The minimum absolute atomic E-state index is 0. The van der Waals surface area contributed by atoms with Crippen molar-refractivity contribution in [2.75, 3.05) is 19.7 Å². The second kappa shape index (κ2) is 9.98. The minimum Gasteiger partial charge on any atom is -0.464 e. The molecule has 1 heterocycles. The van der Waals surface area contributed by atoms with E-state index in [1.807, 2.05) is 18.2 Å². The third-order valence-electron chi connectivity index (χ3n) is 5.36. The first-order valence-corrected chi connectivity index (χ1v) is 9.38. The molecule has 3 atom stereocenters. The number of allylic oxidation sites excluding steroid dienone is 2. The number of carbonyl (C=O) groups is 1. The van der Waals surface area contributed by atoms with Gasteiger partial charge in [0.15, 0.2) is 0 Å². The lowest BCUT2D eigenvalue weighted by Crippen LogP contribution is -2.36. The van der Waals surface area contributed by atoms with E-state index in [0.717, 1.165) is 37.9 Å². The van der Waals surface area contributed by atoms with Crippen molar-refractivity contribution in [1.29, 1.82) is 0 Å². The summed E-state index contributed by atoms with van der Waals surface area (Å²) in [6.45, 7) is 4.92. The summed E-state index contributed by atoms with van der Waals surface area (Å²) in [6, 6.07) is 10.4. The van der Waals surface area contributed by atoms with Crippen molar-refractivity contribution in [3.63, 3.8) is 0 Å². The molecule has 1 aliphatic carbocycles. The van der Waals surface area contributed by atoms with Gasteiger partial charge in [-0.25, -0.2) is 0 Å². The van der Waals surface area contributed by atoms with E-state index in [9.17, 15) is 4.79 Å². The Morgan fingerprint density at radius 2 is 1.92 bits per heavy atom. The molecule has 0 aromatic heterocycles. The lowest BCUT2D eigenvalue weighted by atomic mass is 9.80. The molecule has 1 aromatic rings. The van der Waals surface area contributed by atoms with Crippen LogP contribution >= 0.6 is 12.4 Å². The number of likely N-dealkylation sites (tertiary alicyclic amines) is 1. The number of rotatable bonds is 6. The van der Waals surface area contributed by atoms with Gasteiger partial charge in [0, 0.05) is 6.04 Å². The number of hydrogen-bond donors (Lipinski definition) is 0. The molecule has 0 N–H and O–H groups in total. The SMILES string of the molecule is CC(COC(=O)C(c1ccccc1)C1C=CCCC1)N1CCCC1.Cl. The van der Waals surface area contributed by atoms with Crippen molar-refractivity contribution < 1.29 is 9.53 Å². The van der Waals surface area contributed by atoms with Crippen LogP contribution in [0.1, 0.15) is 50.5 Å². The van der Waals surface area contributed by atoms with Crippen LogP contribution < -0.4 is 0 Å². The van der Waals surface area contributed by atoms with Crippen LogP contribution in [0.4, 0.5) is 0 Å². The van der Waals surface area contributed by atoms with Crippen LogP contribution in [0.15, 0.2) is 42.5 Å². The highest BCUT2D eigenvalue weighted by atomic mass is 35.5. The number of nitrogens with zero attached hydrogens (tertiary/aromatic N) is 1. The highest BCUT2D eigenvalue weighted by Gasteiger charge is 2.31. The monoisotopic (exact) mass is 363 g/mol. The number of carbonyl (C=O) groups excluding carboxylic acids is 1. The third-order valence-corrected chi connectivity index (χ3v) is 5.36. The van der Waals surface area contributed by atoms with Gasteiger partial charge in [-0.05, 0) is 63.6 Å². The Hall–Kier alpha value is -1.32. The standard InChI is InChI=1S/C21H29NO2.ClH/c1-17(22-14-8-9-15-22)16-24-21(23)20(18-10-4-2-5-11-18)19-12-6-3-7-13-19;/h2,4-6,10-12,17,19-20H,3,7-9,13-16H2,1H3;1H. The van der Waals surface area contributed by atoms with Gasteiger partial charge >= 0.3 is 5.97 Å². The molecule has 3 unspecified atom stereocenters. The highest BCUT2D eigenvalue weighted by Crippen LogP contribution is 2.33. The molecule has 0 amide bonds. The molecule has 0 saturated carbocycles. The fourth-order valence-corrected chi connectivity index (χ4v) is 3.92. The first kappa shape index (κ1) is 20.0. The summed E-state index contributed by atoms with van der Waals surface area (Å²) in [4.78, 5) is 15.3. The molecule has 138 valence electrons. The zero-order valence-corrected chi connectivity index (χ0v) is 15.9. The molecule has 0 radical (unpaired) electrons. The fraction of sp³-hybridized carbons (Fsp3) is 0.571. The smallest absolute Gasteiger partial charge is 0.314 e. The van der Waals surface area contributed by atoms with Gasteiger partial charge in [-0.1, -0.05) is 42.5 Å². The highest BCUT2D eigenvalue weighted by molar-refractivity contribution is 5.85. The number of ether oxygens (including phenoxy) is 1. The maximum atomic E-state index is 12.9. The van der Waals surface area contributed by atoms with E-state index in [-0.39, 0.29) is 30.2 Å². The third kappa shape index (κ3) is 5.32. The average molecular weight is 364 g/mol. The van der Waals surface area contributed by atoms with Crippen LogP contribution in [-0.4, -0.2) is 36.6 Å². The molecule has 0 bridgehead atoms. The Balaban J connectivity index is 0.00000225.